The van der Waals surface area contributed by atoms with E-state index >= 15 is 0 Å². The number of likely N-dealkylation sites (N-methyl/N-ethyl adjacent to an activating group) is 1. The highest BCUT2D eigenvalue weighted by Gasteiger charge is 2.15. The molecule has 0 aliphatic carbocycles. The van der Waals surface area contributed by atoms with E-state index in [0.717, 1.165) is 11.1 Å². The van der Waals surface area contributed by atoms with Crippen molar-refractivity contribution in [3.05, 3.63) is 35.4 Å². The minimum Gasteiger partial charge on any atom is -0.366 e. The Balaban J connectivity index is 2.53. The van der Waals surface area contributed by atoms with Gasteiger partial charge in [-0.3, -0.25) is 4.79 Å². The van der Waals surface area contributed by atoms with Crippen LogP contribution < -0.4 is 5.73 Å². The monoisotopic (exact) mass is 264 g/mol. The van der Waals surface area contributed by atoms with Gasteiger partial charge in [-0.05, 0) is 31.9 Å². The Kier molecular flexibility index (Phi) is 5.51. The molecular formula is C15H24N2O2. The lowest BCUT2D eigenvalue weighted by Crippen LogP contribution is -2.33. The highest BCUT2D eigenvalue weighted by molar-refractivity contribution is 5.77. The summed E-state index contributed by atoms with van der Waals surface area (Å²) >= 11 is 0. The van der Waals surface area contributed by atoms with Crippen LogP contribution in [0.25, 0.3) is 0 Å². The molecule has 0 bridgehead atoms. The molecular weight excluding hydrogens is 240 g/mol. The zero-order valence-electron chi connectivity index (χ0n) is 12.3. The third-order valence-electron chi connectivity index (χ3n) is 2.70. The van der Waals surface area contributed by atoms with Crippen molar-refractivity contribution in [2.24, 2.45) is 5.73 Å². The third kappa shape index (κ3) is 5.85. The molecule has 4 nitrogen and oxygen atoms in total. The molecule has 0 radical (unpaired) electrons. The first-order chi connectivity index (χ1) is 8.81. The number of rotatable bonds is 5. The predicted molar refractivity (Wildman–Crippen MR) is 76.5 cm³/mol. The van der Waals surface area contributed by atoms with Gasteiger partial charge in [0.2, 0.25) is 5.91 Å². The van der Waals surface area contributed by atoms with Gasteiger partial charge >= 0.3 is 0 Å². The lowest BCUT2D eigenvalue weighted by Gasteiger charge is -2.22. The lowest BCUT2D eigenvalue weighted by atomic mass is 10.1. The second-order valence-electron chi connectivity index (χ2n) is 5.67. The summed E-state index contributed by atoms with van der Waals surface area (Å²) in [5, 5.41) is 0. The predicted octanol–water partition coefficient (Wildman–Crippen LogP) is 1.92. The Hall–Kier alpha value is -1.39. The Morgan fingerprint density at radius 2 is 1.95 bits per heavy atom. The van der Waals surface area contributed by atoms with Crippen LogP contribution in [0.5, 0.6) is 0 Å². The molecule has 1 aromatic carbocycles. The van der Waals surface area contributed by atoms with Gasteiger partial charge in [0.1, 0.15) is 6.61 Å². The molecule has 0 atom stereocenters. The van der Waals surface area contributed by atoms with Crippen LogP contribution in [0.2, 0.25) is 0 Å². The Labute approximate surface area is 115 Å². The average Bonchev–Trinajstić information content (AvgIpc) is 2.35. The fourth-order valence-electron chi connectivity index (χ4n) is 1.61. The summed E-state index contributed by atoms with van der Waals surface area (Å²) in [4.78, 5) is 13.6. The summed E-state index contributed by atoms with van der Waals surface area (Å²) in [6.45, 7) is 7.00. The van der Waals surface area contributed by atoms with E-state index in [1.807, 2.05) is 45.0 Å². The van der Waals surface area contributed by atoms with Crippen molar-refractivity contribution >= 4 is 5.91 Å². The van der Waals surface area contributed by atoms with Gasteiger partial charge in [-0.25, -0.2) is 0 Å². The van der Waals surface area contributed by atoms with Gasteiger partial charge in [0, 0.05) is 20.1 Å². The molecule has 106 valence electrons. The molecule has 0 fully saturated rings. The van der Waals surface area contributed by atoms with E-state index in [-0.39, 0.29) is 18.1 Å². The van der Waals surface area contributed by atoms with Crippen molar-refractivity contribution in [1.82, 2.24) is 4.90 Å². The summed E-state index contributed by atoms with van der Waals surface area (Å²) in [5.74, 6) is -0.0203. The smallest absolute Gasteiger partial charge is 0.248 e. The summed E-state index contributed by atoms with van der Waals surface area (Å²) in [5.41, 5.74) is 7.46. The Bertz CT molecular complexity index is 424. The van der Waals surface area contributed by atoms with Gasteiger partial charge in [-0.2, -0.15) is 0 Å². The van der Waals surface area contributed by atoms with Crippen LogP contribution in [-0.4, -0.2) is 30.1 Å². The van der Waals surface area contributed by atoms with E-state index in [1.165, 1.54) is 0 Å². The molecule has 0 unspecified atom stereocenters. The molecule has 2 N–H and O–H groups in total. The summed E-state index contributed by atoms with van der Waals surface area (Å²) < 4.78 is 5.48. The molecule has 4 heteroatoms. The van der Waals surface area contributed by atoms with Gasteiger partial charge < -0.3 is 15.4 Å². The normalized spacial score (nSPS) is 11.4. The van der Waals surface area contributed by atoms with Crippen LogP contribution in [-0.2, 0) is 22.6 Å². The number of nitrogens with zero attached hydrogens (tertiary/aromatic N) is 1. The maximum atomic E-state index is 11.9. The van der Waals surface area contributed by atoms with Crippen LogP contribution in [0.1, 0.15) is 31.9 Å². The van der Waals surface area contributed by atoms with Gasteiger partial charge in [-0.15, -0.1) is 0 Å². The maximum absolute atomic E-state index is 11.9. The van der Waals surface area contributed by atoms with Crippen molar-refractivity contribution < 1.29 is 9.53 Å². The quantitative estimate of drug-likeness (QED) is 0.884. The maximum Gasteiger partial charge on any atom is 0.248 e. The summed E-state index contributed by atoms with van der Waals surface area (Å²) in [6, 6.07) is 7.96. The first kappa shape index (κ1) is 15.7. The van der Waals surface area contributed by atoms with E-state index < -0.39 is 0 Å². The van der Waals surface area contributed by atoms with Gasteiger partial charge in [-0.1, -0.05) is 24.3 Å². The van der Waals surface area contributed by atoms with Crippen molar-refractivity contribution in [1.29, 1.82) is 0 Å². The number of hydrogen-bond donors (Lipinski definition) is 1. The van der Waals surface area contributed by atoms with Gasteiger partial charge in [0.05, 0.1) is 5.60 Å². The second-order valence-corrected chi connectivity index (χ2v) is 5.67. The highest BCUT2D eigenvalue weighted by atomic mass is 16.5. The number of nitrogens with two attached hydrogens (primary N) is 1. The van der Waals surface area contributed by atoms with Crippen molar-refractivity contribution in [2.45, 2.75) is 39.5 Å². The van der Waals surface area contributed by atoms with E-state index in [1.54, 1.807) is 11.9 Å². The van der Waals surface area contributed by atoms with Gasteiger partial charge in [0.15, 0.2) is 0 Å². The highest BCUT2D eigenvalue weighted by Crippen LogP contribution is 2.09. The number of benzene rings is 1. The molecule has 0 aliphatic heterocycles. The minimum atomic E-state index is -0.296. The van der Waals surface area contributed by atoms with Crippen LogP contribution in [0, 0.1) is 0 Å². The van der Waals surface area contributed by atoms with Crippen LogP contribution in [0.4, 0.5) is 0 Å². The Morgan fingerprint density at radius 1 is 1.32 bits per heavy atom. The molecule has 1 aromatic rings. The van der Waals surface area contributed by atoms with E-state index in [9.17, 15) is 4.79 Å². The number of carbonyl (C=O) groups is 1. The molecule has 0 saturated carbocycles. The molecule has 0 heterocycles. The third-order valence-corrected chi connectivity index (χ3v) is 2.70. The molecule has 0 spiro atoms. The number of ether oxygens (including phenoxy) is 1. The Morgan fingerprint density at radius 3 is 2.53 bits per heavy atom. The molecule has 0 saturated heterocycles. The summed E-state index contributed by atoms with van der Waals surface area (Å²) in [6.07, 6.45) is 0. The van der Waals surface area contributed by atoms with Crippen molar-refractivity contribution in [2.75, 3.05) is 13.7 Å². The number of carbonyl (C=O) groups excluding carboxylic acids is 1. The lowest BCUT2D eigenvalue weighted by molar-refractivity contribution is -0.140. The first-order valence-corrected chi connectivity index (χ1v) is 6.47. The number of amides is 1. The fraction of sp³-hybridized carbons (Fsp3) is 0.533. The van der Waals surface area contributed by atoms with E-state index in [2.05, 4.69) is 0 Å². The van der Waals surface area contributed by atoms with Crippen molar-refractivity contribution in [3.8, 4) is 0 Å². The molecule has 1 rings (SSSR count). The van der Waals surface area contributed by atoms with E-state index in [4.69, 9.17) is 10.5 Å². The van der Waals surface area contributed by atoms with Crippen LogP contribution in [0.3, 0.4) is 0 Å². The SMILES string of the molecule is CN(Cc1cccc(CN)c1)C(=O)COC(C)(C)C. The number of hydrogen-bond acceptors (Lipinski definition) is 3. The minimum absolute atomic E-state index is 0.0203. The largest absolute Gasteiger partial charge is 0.366 e. The van der Waals surface area contributed by atoms with Crippen LogP contribution in [0.15, 0.2) is 24.3 Å². The summed E-state index contributed by atoms with van der Waals surface area (Å²) in [7, 11) is 1.78. The molecule has 0 aromatic heterocycles. The molecule has 0 aliphatic rings. The average molecular weight is 264 g/mol. The zero-order chi connectivity index (χ0) is 14.5. The topological polar surface area (TPSA) is 55.6 Å². The standard InChI is InChI=1S/C15H24N2O2/c1-15(2,3)19-11-14(18)17(4)10-13-7-5-6-12(8-13)9-16/h5-8H,9-11,16H2,1-4H3. The van der Waals surface area contributed by atoms with Crippen LogP contribution >= 0.6 is 0 Å². The second kappa shape index (κ2) is 6.68. The first-order valence-electron chi connectivity index (χ1n) is 6.47. The fourth-order valence-corrected chi connectivity index (χ4v) is 1.61. The molecule has 19 heavy (non-hydrogen) atoms. The zero-order valence-corrected chi connectivity index (χ0v) is 12.3. The van der Waals surface area contributed by atoms with E-state index in [0.29, 0.717) is 13.1 Å². The molecule has 1 amide bonds. The van der Waals surface area contributed by atoms with Crippen molar-refractivity contribution in [3.63, 3.8) is 0 Å². The van der Waals surface area contributed by atoms with Gasteiger partial charge in [0.25, 0.3) is 0 Å².